The van der Waals surface area contributed by atoms with E-state index < -0.39 is 10.1 Å². The number of thiol groups is 1. The van der Waals surface area contributed by atoms with E-state index in [9.17, 15) is 9.00 Å². The van der Waals surface area contributed by atoms with Crippen molar-refractivity contribution in [3.05, 3.63) is 93.9 Å². The molecule has 5 heteroatoms. The van der Waals surface area contributed by atoms with Crippen LogP contribution in [-0.2, 0) is 23.0 Å². The Morgan fingerprint density at radius 3 is 2.47 bits per heavy atom. The number of pyridine rings is 1. The lowest BCUT2D eigenvalue weighted by Crippen LogP contribution is -2.50. The first-order valence-corrected chi connectivity index (χ1v) is 13.1. The molecule has 1 aliphatic heterocycles. The fraction of sp³-hybridized carbons (Fsp3) is 0.320. The minimum Gasteiger partial charge on any atom is -0.307 e. The van der Waals surface area contributed by atoms with Gasteiger partial charge in [0.05, 0.1) is 6.04 Å². The van der Waals surface area contributed by atoms with Crippen LogP contribution in [0.1, 0.15) is 29.3 Å². The summed E-state index contributed by atoms with van der Waals surface area (Å²) in [7, 11) is -2.44. The third-order valence-corrected chi connectivity index (χ3v) is 6.81. The molecule has 0 fully saturated rings. The Kier molecular flexibility index (Phi) is 5.76. The Balaban J connectivity index is 1.74. The van der Waals surface area contributed by atoms with Crippen LogP contribution in [0.4, 0.5) is 0 Å². The second-order valence-corrected chi connectivity index (χ2v) is 11.6. The molecule has 0 bridgehead atoms. The zero-order chi connectivity index (χ0) is 21.3. The summed E-state index contributed by atoms with van der Waals surface area (Å²) in [5.41, 5.74) is 5.40. The molecule has 0 spiro atoms. The molecule has 1 aromatic heterocycles. The van der Waals surface area contributed by atoms with Gasteiger partial charge >= 0.3 is 0 Å². The predicted octanol–water partition coefficient (Wildman–Crippen LogP) is 3.70. The summed E-state index contributed by atoms with van der Waals surface area (Å²) in [6.07, 6.45) is 5.92. The van der Waals surface area contributed by atoms with Gasteiger partial charge in [0.2, 0.25) is 0 Å². The van der Waals surface area contributed by atoms with E-state index in [1.165, 1.54) is 16.7 Å². The minimum absolute atomic E-state index is 0.00165. The molecule has 30 heavy (non-hydrogen) atoms. The van der Waals surface area contributed by atoms with Crippen molar-refractivity contribution in [3.8, 4) is 11.1 Å². The lowest BCUT2D eigenvalue weighted by atomic mass is 9.90. The molecule has 0 amide bonds. The van der Waals surface area contributed by atoms with Crippen molar-refractivity contribution >= 4 is 10.1 Å². The van der Waals surface area contributed by atoms with Gasteiger partial charge in [-0.2, -0.15) is 0 Å². The minimum atomic E-state index is -2.44. The second-order valence-electron chi connectivity index (χ2n) is 8.65. The molecule has 158 valence electrons. The Bertz CT molecular complexity index is 1150. The van der Waals surface area contributed by atoms with Gasteiger partial charge in [-0.25, -0.2) is 0 Å². The lowest BCUT2D eigenvalue weighted by molar-refractivity contribution is 0.317. The van der Waals surface area contributed by atoms with Crippen LogP contribution in [0.2, 0.25) is 0 Å². The molecule has 2 aromatic carbocycles. The summed E-state index contributed by atoms with van der Waals surface area (Å²) < 4.78 is 17.9. The van der Waals surface area contributed by atoms with Gasteiger partial charge in [0, 0.05) is 29.8 Å². The van der Waals surface area contributed by atoms with Gasteiger partial charge in [0.25, 0.3) is 5.56 Å². The average Bonchev–Trinajstić information content (AvgIpc) is 2.72. The normalized spacial score (nSPS) is 19.3. The SMILES string of the molecule is Cc1ccc2n(c1=O)C(Cc1cccc(-c3ccccc3)c1)C(N[SH](C)(C)=O)CC2. The summed E-state index contributed by atoms with van der Waals surface area (Å²) in [6, 6.07) is 22.8. The monoisotopic (exact) mass is 422 g/mol. The highest BCUT2D eigenvalue weighted by Crippen LogP contribution is 2.29. The zero-order valence-electron chi connectivity index (χ0n) is 17.8. The molecule has 1 aliphatic rings. The maximum absolute atomic E-state index is 13.1. The smallest absolute Gasteiger partial charge is 0.253 e. The number of aromatic nitrogens is 1. The fourth-order valence-corrected chi connectivity index (χ4v) is 5.57. The third kappa shape index (κ3) is 4.47. The number of aryl methyl sites for hydroxylation is 2. The number of rotatable bonds is 5. The van der Waals surface area contributed by atoms with Crippen molar-refractivity contribution in [2.24, 2.45) is 0 Å². The first kappa shape index (κ1) is 20.8. The number of nitrogens with zero attached hydrogens (tertiary/aromatic N) is 1. The van der Waals surface area contributed by atoms with E-state index in [1.807, 2.05) is 35.8 Å². The van der Waals surface area contributed by atoms with Gasteiger partial charge in [-0.3, -0.25) is 13.7 Å². The van der Waals surface area contributed by atoms with Gasteiger partial charge in [0.15, 0.2) is 0 Å². The topological polar surface area (TPSA) is 51.1 Å². The molecular weight excluding hydrogens is 392 g/mol. The number of hydrogen-bond acceptors (Lipinski definition) is 2. The number of nitrogens with one attached hydrogen (secondary N) is 1. The Hall–Kier alpha value is -2.50. The standard InChI is InChI=1S/C25H30N2O2S/c1-18-12-13-22-14-15-23(26-30(2,3)29)24(27(22)25(18)28)17-19-8-7-11-21(16-19)20-9-5-4-6-10-20/h4-13,16,23-24,30H,14-15,17H2,1-3H3,(H,26,29). The van der Waals surface area contributed by atoms with E-state index in [0.29, 0.717) is 6.42 Å². The summed E-state index contributed by atoms with van der Waals surface area (Å²) >= 11 is 0. The summed E-state index contributed by atoms with van der Waals surface area (Å²) in [6.45, 7) is 1.87. The largest absolute Gasteiger partial charge is 0.307 e. The Labute approximate surface area is 179 Å². The molecule has 0 saturated heterocycles. The first-order valence-electron chi connectivity index (χ1n) is 10.5. The van der Waals surface area contributed by atoms with Gasteiger partial charge in [0.1, 0.15) is 0 Å². The highest BCUT2D eigenvalue weighted by molar-refractivity contribution is 7.99. The summed E-state index contributed by atoms with van der Waals surface area (Å²) in [5, 5.41) is 0. The molecular formula is C25H30N2O2S. The lowest BCUT2D eigenvalue weighted by Gasteiger charge is -2.38. The van der Waals surface area contributed by atoms with E-state index in [4.69, 9.17) is 0 Å². The molecule has 0 aliphatic carbocycles. The first-order chi connectivity index (χ1) is 14.3. The van der Waals surface area contributed by atoms with Crippen LogP contribution in [0.3, 0.4) is 0 Å². The van der Waals surface area contributed by atoms with E-state index in [1.54, 1.807) is 12.5 Å². The fourth-order valence-electron chi connectivity index (χ4n) is 4.47. The average molecular weight is 423 g/mol. The summed E-state index contributed by atoms with van der Waals surface area (Å²) in [4.78, 5) is 13.1. The van der Waals surface area contributed by atoms with Gasteiger partial charge in [-0.05, 0) is 48.9 Å². The van der Waals surface area contributed by atoms with E-state index in [2.05, 4.69) is 47.2 Å². The van der Waals surface area contributed by atoms with Crippen molar-refractivity contribution in [1.29, 1.82) is 0 Å². The van der Waals surface area contributed by atoms with Crippen molar-refractivity contribution in [2.45, 2.75) is 38.3 Å². The van der Waals surface area contributed by atoms with E-state index in [-0.39, 0.29) is 17.6 Å². The maximum atomic E-state index is 13.1. The number of hydrogen-bond donors (Lipinski definition) is 2. The van der Waals surface area contributed by atoms with Crippen LogP contribution < -0.4 is 10.3 Å². The predicted molar refractivity (Wildman–Crippen MR) is 127 cm³/mol. The molecule has 2 atom stereocenters. The Morgan fingerprint density at radius 2 is 1.73 bits per heavy atom. The molecule has 2 unspecified atom stereocenters. The molecule has 3 aromatic rings. The second kappa shape index (κ2) is 8.32. The molecule has 4 rings (SSSR count). The van der Waals surface area contributed by atoms with E-state index >= 15 is 0 Å². The van der Waals surface area contributed by atoms with Crippen LogP contribution >= 0.6 is 0 Å². The van der Waals surface area contributed by atoms with Crippen molar-refractivity contribution in [1.82, 2.24) is 9.29 Å². The summed E-state index contributed by atoms with van der Waals surface area (Å²) in [5.74, 6) is 0. The maximum Gasteiger partial charge on any atom is 0.253 e. The highest BCUT2D eigenvalue weighted by atomic mass is 32.3. The van der Waals surface area contributed by atoms with Crippen LogP contribution in [0.15, 0.2) is 71.5 Å². The van der Waals surface area contributed by atoms with Crippen molar-refractivity contribution in [3.63, 3.8) is 0 Å². The van der Waals surface area contributed by atoms with Gasteiger partial charge in [-0.1, -0.05) is 70.8 Å². The van der Waals surface area contributed by atoms with Crippen molar-refractivity contribution < 1.29 is 4.21 Å². The van der Waals surface area contributed by atoms with Crippen LogP contribution in [0.25, 0.3) is 11.1 Å². The third-order valence-electron chi connectivity index (χ3n) is 5.85. The van der Waals surface area contributed by atoms with Crippen LogP contribution in [-0.4, -0.2) is 27.3 Å². The van der Waals surface area contributed by atoms with Gasteiger partial charge < -0.3 is 4.57 Å². The Morgan fingerprint density at radius 1 is 1.00 bits per heavy atom. The molecule has 4 nitrogen and oxygen atoms in total. The molecule has 1 N–H and O–H groups in total. The molecule has 0 radical (unpaired) electrons. The van der Waals surface area contributed by atoms with Crippen molar-refractivity contribution in [2.75, 3.05) is 12.5 Å². The number of fused-ring (bicyclic) bond motifs is 1. The zero-order valence-corrected chi connectivity index (χ0v) is 18.7. The quantitative estimate of drug-likeness (QED) is 0.616. The van der Waals surface area contributed by atoms with Crippen LogP contribution in [0, 0.1) is 6.92 Å². The number of benzene rings is 2. The van der Waals surface area contributed by atoms with E-state index in [0.717, 1.165) is 24.1 Å². The molecule has 0 saturated carbocycles. The van der Waals surface area contributed by atoms with Gasteiger partial charge in [-0.15, -0.1) is 0 Å². The van der Waals surface area contributed by atoms with Crippen LogP contribution in [0.5, 0.6) is 0 Å². The highest BCUT2D eigenvalue weighted by Gasteiger charge is 2.31. The molecule has 2 heterocycles.